The normalized spacial score (nSPS) is 15.2. The van der Waals surface area contributed by atoms with Gasteiger partial charge in [0.05, 0.1) is 15.9 Å². The van der Waals surface area contributed by atoms with Gasteiger partial charge in [0.25, 0.3) is 0 Å². The Balaban J connectivity index is 1.16. The molecule has 43 heavy (non-hydrogen) atoms. The molecule has 0 unspecified atom stereocenters. The molecule has 0 amide bonds. The Morgan fingerprint density at radius 1 is 0.535 bits per heavy atom. The quantitative estimate of drug-likeness (QED) is 0.211. The van der Waals surface area contributed by atoms with Crippen LogP contribution in [-0.2, 0) is 5.41 Å². The van der Waals surface area contributed by atoms with Crippen molar-refractivity contribution in [3.8, 4) is 44.9 Å². The summed E-state index contributed by atoms with van der Waals surface area (Å²) in [5, 5.41) is 1.19. The first-order valence-corrected chi connectivity index (χ1v) is 16.2. The van der Waals surface area contributed by atoms with E-state index in [-0.39, 0.29) is 5.41 Å². The molecule has 1 saturated carbocycles. The van der Waals surface area contributed by atoms with Gasteiger partial charge in [0.2, 0.25) is 0 Å². The van der Waals surface area contributed by atoms with Crippen LogP contribution in [0.25, 0.3) is 65.2 Å². The Kier molecular flexibility index (Phi) is 5.64. The molecule has 1 spiro atoms. The fraction of sp³-hybridized carbons (Fsp3) is 0.150. The average molecular weight is 571 g/mol. The molecule has 1 fully saturated rings. The maximum Gasteiger partial charge on any atom is 0.160 e. The number of benzene rings is 5. The summed E-state index contributed by atoms with van der Waals surface area (Å²) >= 11 is 1.78. The lowest BCUT2D eigenvalue weighted by atomic mass is 9.67. The molecule has 0 N–H and O–H groups in total. The van der Waals surface area contributed by atoms with Gasteiger partial charge in [-0.1, -0.05) is 128 Å². The molecule has 3 heteroatoms. The van der Waals surface area contributed by atoms with Crippen LogP contribution in [0.3, 0.4) is 0 Å². The molecule has 2 heterocycles. The molecule has 7 aromatic rings. The molecule has 2 aliphatic carbocycles. The molecule has 2 aliphatic rings. The summed E-state index contributed by atoms with van der Waals surface area (Å²) in [6.07, 6.45) is 6.47. The zero-order valence-corrected chi connectivity index (χ0v) is 24.7. The Morgan fingerprint density at radius 2 is 1.23 bits per heavy atom. The number of nitrogens with zero attached hydrogens (tertiary/aromatic N) is 2. The van der Waals surface area contributed by atoms with Gasteiger partial charge in [-0.15, -0.1) is 11.3 Å². The summed E-state index contributed by atoms with van der Waals surface area (Å²) in [6, 6.07) is 44.2. The fourth-order valence-electron chi connectivity index (χ4n) is 7.65. The van der Waals surface area contributed by atoms with Crippen molar-refractivity contribution in [2.75, 3.05) is 0 Å². The second kappa shape index (κ2) is 9.72. The van der Waals surface area contributed by atoms with Crippen molar-refractivity contribution >= 4 is 31.6 Å². The number of hydrogen-bond donors (Lipinski definition) is 0. The summed E-state index contributed by atoms with van der Waals surface area (Å²) in [6.45, 7) is 0. The van der Waals surface area contributed by atoms with Crippen LogP contribution in [0.5, 0.6) is 0 Å². The van der Waals surface area contributed by atoms with Gasteiger partial charge in [0.15, 0.2) is 5.82 Å². The predicted octanol–water partition coefficient (Wildman–Crippen LogP) is 11.1. The number of thiophene rings is 1. The van der Waals surface area contributed by atoms with Gasteiger partial charge in [0.1, 0.15) is 0 Å². The molecule has 206 valence electrons. The summed E-state index contributed by atoms with van der Waals surface area (Å²) in [5.74, 6) is 0.770. The molecule has 0 saturated heterocycles. The lowest BCUT2D eigenvalue weighted by molar-refractivity contribution is 0.353. The minimum absolute atomic E-state index is 0.168. The van der Waals surface area contributed by atoms with Crippen molar-refractivity contribution in [1.82, 2.24) is 9.97 Å². The Bertz CT molecular complexity index is 2150. The highest BCUT2D eigenvalue weighted by atomic mass is 32.1. The van der Waals surface area contributed by atoms with Crippen LogP contribution in [-0.4, -0.2) is 9.97 Å². The molecule has 0 atom stereocenters. The predicted molar refractivity (Wildman–Crippen MR) is 181 cm³/mol. The van der Waals surface area contributed by atoms with Gasteiger partial charge in [-0.2, -0.15) is 0 Å². The maximum absolute atomic E-state index is 5.17. The molecular formula is C40H30N2S. The van der Waals surface area contributed by atoms with E-state index in [2.05, 4.69) is 115 Å². The summed E-state index contributed by atoms with van der Waals surface area (Å²) < 4.78 is 2.38. The number of aromatic nitrogens is 2. The monoisotopic (exact) mass is 570 g/mol. The van der Waals surface area contributed by atoms with Crippen LogP contribution in [0.1, 0.15) is 43.2 Å². The maximum atomic E-state index is 5.17. The van der Waals surface area contributed by atoms with E-state index >= 15 is 0 Å². The third-order valence-corrected chi connectivity index (χ3v) is 10.9. The topological polar surface area (TPSA) is 25.8 Å². The van der Waals surface area contributed by atoms with Crippen molar-refractivity contribution in [2.45, 2.75) is 37.5 Å². The van der Waals surface area contributed by atoms with Crippen molar-refractivity contribution in [3.63, 3.8) is 0 Å². The van der Waals surface area contributed by atoms with Gasteiger partial charge >= 0.3 is 0 Å². The molecule has 0 bridgehead atoms. The summed E-state index contributed by atoms with van der Waals surface area (Å²) in [5.41, 5.74) is 12.8. The summed E-state index contributed by atoms with van der Waals surface area (Å²) in [7, 11) is 0. The van der Waals surface area contributed by atoms with E-state index in [1.165, 1.54) is 70.0 Å². The van der Waals surface area contributed by atoms with Gasteiger partial charge in [-0.25, -0.2) is 9.97 Å². The highest BCUT2D eigenvalue weighted by Gasteiger charge is 2.43. The third-order valence-electron chi connectivity index (χ3n) is 9.72. The van der Waals surface area contributed by atoms with Crippen LogP contribution in [0.2, 0.25) is 0 Å². The van der Waals surface area contributed by atoms with Crippen LogP contribution in [0, 0.1) is 0 Å². The second-order valence-electron chi connectivity index (χ2n) is 12.1. The van der Waals surface area contributed by atoms with E-state index in [1.807, 2.05) is 6.07 Å². The van der Waals surface area contributed by atoms with E-state index in [1.54, 1.807) is 16.9 Å². The Hall–Kier alpha value is -4.60. The van der Waals surface area contributed by atoms with Gasteiger partial charge in [-0.3, -0.25) is 0 Å². The SMILES string of the molecule is c1ccc(-c2nc(-c3ccc(-c4ccc5c(c4)C4(CCCCC4)c4ccccc4-5)cc3)c3sc4ccccc4c3n2)cc1. The number of fused-ring (bicyclic) bond motifs is 8. The van der Waals surface area contributed by atoms with Crippen molar-refractivity contribution in [3.05, 3.63) is 132 Å². The number of hydrogen-bond acceptors (Lipinski definition) is 3. The Morgan fingerprint density at radius 3 is 2.09 bits per heavy atom. The van der Waals surface area contributed by atoms with Gasteiger partial charge in [-0.05, 0) is 58.4 Å². The van der Waals surface area contributed by atoms with Crippen LogP contribution in [0.4, 0.5) is 0 Å². The zero-order valence-electron chi connectivity index (χ0n) is 23.9. The van der Waals surface area contributed by atoms with E-state index < -0.39 is 0 Å². The molecule has 9 rings (SSSR count). The first-order valence-electron chi connectivity index (χ1n) is 15.4. The van der Waals surface area contributed by atoms with E-state index in [0.29, 0.717) is 0 Å². The van der Waals surface area contributed by atoms with Crippen molar-refractivity contribution in [1.29, 1.82) is 0 Å². The lowest BCUT2D eigenvalue weighted by Crippen LogP contribution is -2.28. The van der Waals surface area contributed by atoms with Gasteiger partial charge < -0.3 is 0 Å². The molecule has 5 aromatic carbocycles. The average Bonchev–Trinajstić information content (AvgIpc) is 3.59. The highest BCUT2D eigenvalue weighted by Crippen LogP contribution is 2.56. The zero-order chi connectivity index (χ0) is 28.4. The smallest absolute Gasteiger partial charge is 0.160 e. The van der Waals surface area contributed by atoms with Crippen LogP contribution in [0.15, 0.2) is 121 Å². The van der Waals surface area contributed by atoms with Crippen molar-refractivity contribution < 1.29 is 0 Å². The van der Waals surface area contributed by atoms with Crippen molar-refractivity contribution in [2.24, 2.45) is 0 Å². The fourth-order valence-corrected chi connectivity index (χ4v) is 8.81. The van der Waals surface area contributed by atoms with E-state index in [9.17, 15) is 0 Å². The third kappa shape index (κ3) is 3.85. The lowest BCUT2D eigenvalue weighted by Gasteiger charge is -2.36. The molecule has 0 aliphatic heterocycles. The highest BCUT2D eigenvalue weighted by molar-refractivity contribution is 7.26. The molecule has 2 nitrogen and oxygen atoms in total. The Labute approximate surface area is 255 Å². The molecular weight excluding hydrogens is 541 g/mol. The number of rotatable bonds is 3. The minimum Gasteiger partial charge on any atom is -0.226 e. The summed E-state index contributed by atoms with van der Waals surface area (Å²) in [4.78, 5) is 10.2. The largest absolute Gasteiger partial charge is 0.226 e. The minimum atomic E-state index is 0.168. The van der Waals surface area contributed by atoms with Gasteiger partial charge in [0, 0.05) is 26.6 Å². The first kappa shape index (κ1) is 24.9. The molecule has 0 radical (unpaired) electrons. The standard InChI is InChI=1S/C40H30N2S/c1-3-11-28(12-4-1)39-41-36(38-37(42-39)32-14-6-8-16-35(32)43-38)27-19-17-26(18-20-27)29-21-22-31-30-13-5-7-15-33(30)40(34(31)25-29)23-9-2-10-24-40/h1,3-8,11-22,25H,2,9-10,23-24H2. The van der Waals surface area contributed by atoms with Crippen LogP contribution < -0.4 is 0 Å². The van der Waals surface area contributed by atoms with Crippen LogP contribution >= 0.6 is 11.3 Å². The molecule has 2 aromatic heterocycles. The van der Waals surface area contributed by atoms with E-state index in [4.69, 9.17) is 9.97 Å². The van der Waals surface area contributed by atoms with E-state index in [0.717, 1.165) is 32.9 Å². The second-order valence-corrected chi connectivity index (χ2v) is 13.1. The first-order chi connectivity index (χ1) is 21.3.